The van der Waals surface area contributed by atoms with E-state index in [0.717, 1.165) is 17.7 Å². The minimum absolute atomic E-state index is 0.112. The highest BCUT2D eigenvalue weighted by molar-refractivity contribution is 7.95. The summed E-state index contributed by atoms with van der Waals surface area (Å²) in [4.78, 5) is 13.3. The van der Waals surface area contributed by atoms with Crippen LogP contribution in [-0.4, -0.2) is 32.4 Å². The number of methoxy groups -OCH3 is 1. The van der Waals surface area contributed by atoms with Gasteiger partial charge in [0.05, 0.1) is 12.7 Å². The van der Waals surface area contributed by atoms with Crippen molar-refractivity contribution in [3.63, 3.8) is 0 Å². The fourth-order valence-electron chi connectivity index (χ4n) is 2.87. The summed E-state index contributed by atoms with van der Waals surface area (Å²) < 4.78 is 15.9. The second-order valence-electron chi connectivity index (χ2n) is 7.05. The van der Waals surface area contributed by atoms with E-state index in [1.165, 1.54) is 10.5 Å². The topological polar surface area (TPSA) is 44.8 Å². The molecule has 2 aromatic rings. The van der Waals surface area contributed by atoms with Crippen LogP contribution in [0.25, 0.3) is 6.08 Å². The molecule has 1 aliphatic rings. The molecule has 0 saturated carbocycles. The van der Waals surface area contributed by atoms with Gasteiger partial charge in [-0.1, -0.05) is 36.4 Å². The Hall–Kier alpha value is -3.18. The van der Waals surface area contributed by atoms with Crippen LogP contribution in [0.15, 0.2) is 95.1 Å². The van der Waals surface area contributed by atoms with Crippen LogP contribution in [0.1, 0.15) is 22.3 Å². The minimum Gasteiger partial charge on any atom is -0.497 e. The molecule has 4 nitrogen and oxygen atoms in total. The average Bonchev–Trinajstić information content (AvgIpc) is 2.80. The normalized spacial score (nSPS) is 14.7. The third-order valence-electron chi connectivity index (χ3n) is 4.69. The maximum atomic E-state index is 12.1. The van der Waals surface area contributed by atoms with Gasteiger partial charge < -0.3 is 14.2 Å². The van der Waals surface area contributed by atoms with E-state index < -0.39 is 0 Å². The van der Waals surface area contributed by atoms with Gasteiger partial charge in [-0.05, 0) is 66.1 Å². The number of esters is 1. The molecule has 0 radical (unpaired) electrons. The van der Waals surface area contributed by atoms with Gasteiger partial charge in [-0.3, -0.25) is 0 Å². The Bertz CT molecular complexity index is 997. The predicted molar refractivity (Wildman–Crippen MR) is 127 cm³/mol. The van der Waals surface area contributed by atoms with Gasteiger partial charge in [-0.25, -0.2) is 4.79 Å². The van der Waals surface area contributed by atoms with Crippen molar-refractivity contribution in [3.05, 3.63) is 101 Å². The van der Waals surface area contributed by atoms with Crippen LogP contribution in [-0.2, 0) is 20.4 Å². The molecule has 3 rings (SSSR count). The van der Waals surface area contributed by atoms with Gasteiger partial charge in [0.2, 0.25) is 6.79 Å². The van der Waals surface area contributed by atoms with Crippen LogP contribution in [0.4, 0.5) is 0 Å². The number of rotatable bonds is 8. The fourth-order valence-corrected chi connectivity index (χ4v) is 3.55. The molecule has 0 fully saturated rings. The highest BCUT2D eigenvalue weighted by Crippen LogP contribution is 2.18. The summed E-state index contributed by atoms with van der Waals surface area (Å²) in [5, 5.41) is 0. The lowest BCUT2D eigenvalue weighted by atomic mass is 10.1. The lowest BCUT2D eigenvalue weighted by Crippen LogP contribution is -2.09. The highest BCUT2D eigenvalue weighted by Gasteiger charge is 2.12. The smallest absolute Gasteiger partial charge is 0.341 e. The number of hydrogen-bond donors (Lipinski definition) is 0. The second-order valence-corrected chi connectivity index (χ2v) is 9.16. The number of hydrogen-bond acceptors (Lipinski definition) is 4. The number of benzene rings is 2. The molecule has 0 amide bonds. The zero-order valence-electron chi connectivity index (χ0n) is 18.0. The van der Waals surface area contributed by atoms with Crippen LogP contribution in [0.2, 0.25) is 0 Å². The first kappa shape index (κ1) is 22.5. The van der Waals surface area contributed by atoms with E-state index >= 15 is 0 Å². The molecule has 1 aliphatic carbocycles. The summed E-state index contributed by atoms with van der Waals surface area (Å²) in [5.74, 6) is 1.15. The van der Waals surface area contributed by atoms with E-state index in [-0.39, 0.29) is 23.7 Å². The molecule has 0 heterocycles. The van der Waals surface area contributed by atoms with Crippen molar-refractivity contribution in [1.82, 2.24) is 0 Å². The minimum atomic E-state index is -0.386. The largest absolute Gasteiger partial charge is 0.497 e. The van der Waals surface area contributed by atoms with E-state index in [1.54, 1.807) is 19.2 Å². The monoisotopic (exact) mass is 435 g/mol. The van der Waals surface area contributed by atoms with Crippen molar-refractivity contribution in [1.29, 1.82) is 0 Å². The first-order valence-corrected chi connectivity index (χ1v) is 12.0. The number of allylic oxidation sites excluding steroid dienone is 6. The lowest BCUT2D eigenvalue weighted by Gasteiger charge is -2.11. The van der Waals surface area contributed by atoms with Crippen molar-refractivity contribution in [2.45, 2.75) is 11.3 Å². The Kier molecular flexibility index (Phi) is 8.19. The van der Waals surface area contributed by atoms with Gasteiger partial charge in [-0.2, -0.15) is 0 Å². The van der Waals surface area contributed by atoms with Gasteiger partial charge in [0.15, 0.2) is 4.90 Å². The number of carbonyl (C=O) groups excluding carboxylic acids is 1. The molecule has 5 heteroatoms. The summed E-state index contributed by atoms with van der Waals surface area (Å²) in [6.07, 6.45) is 17.0. The SMILES string of the molecule is COc1ccc(/C=C/C=C2/C=CC(OCOC(=O)c3ccc([S+](C)C)cc3)=CC2)cc1. The van der Waals surface area contributed by atoms with E-state index in [1.807, 2.05) is 66.8 Å². The maximum Gasteiger partial charge on any atom is 0.341 e. The Labute approximate surface area is 186 Å². The average molecular weight is 436 g/mol. The first-order valence-electron chi connectivity index (χ1n) is 9.92. The predicted octanol–water partition coefficient (Wildman–Crippen LogP) is 5.55. The maximum absolute atomic E-state index is 12.1. The molecule has 2 aromatic carbocycles. The quantitative estimate of drug-likeness (QED) is 0.310. The molecule has 0 N–H and O–H groups in total. The highest BCUT2D eigenvalue weighted by atomic mass is 32.2. The van der Waals surface area contributed by atoms with Gasteiger partial charge in [-0.15, -0.1) is 0 Å². The molecule has 31 heavy (non-hydrogen) atoms. The fraction of sp³-hybridized carbons (Fsp3) is 0.192. The first-order chi connectivity index (χ1) is 15.0. The zero-order valence-corrected chi connectivity index (χ0v) is 18.9. The molecule has 0 saturated heterocycles. The molecule has 0 aliphatic heterocycles. The summed E-state index contributed by atoms with van der Waals surface area (Å²) in [6, 6.07) is 15.4. The van der Waals surface area contributed by atoms with Crippen molar-refractivity contribution >= 4 is 22.9 Å². The molecule has 0 aromatic heterocycles. The third-order valence-corrected chi connectivity index (χ3v) is 5.91. The molecule has 0 spiro atoms. The number of ether oxygens (including phenoxy) is 3. The van der Waals surface area contributed by atoms with Gasteiger partial charge in [0.1, 0.15) is 24.0 Å². The van der Waals surface area contributed by atoms with Gasteiger partial charge in [0.25, 0.3) is 0 Å². The van der Waals surface area contributed by atoms with E-state index in [0.29, 0.717) is 11.3 Å². The summed E-state index contributed by atoms with van der Waals surface area (Å²) in [6.45, 7) is -0.112. The van der Waals surface area contributed by atoms with E-state index in [4.69, 9.17) is 14.2 Å². The Morgan fingerprint density at radius 1 is 1.03 bits per heavy atom. The second kappa shape index (κ2) is 11.3. The Morgan fingerprint density at radius 2 is 1.77 bits per heavy atom. The van der Waals surface area contributed by atoms with Gasteiger partial charge in [0, 0.05) is 10.9 Å². The van der Waals surface area contributed by atoms with Crippen LogP contribution in [0.3, 0.4) is 0 Å². The molecule has 160 valence electrons. The Balaban J connectivity index is 1.43. The van der Waals surface area contributed by atoms with Crippen LogP contribution in [0, 0.1) is 0 Å². The van der Waals surface area contributed by atoms with Crippen LogP contribution in [0.5, 0.6) is 5.75 Å². The van der Waals surface area contributed by atoms with Crippen molar-refractivity contribution < 1.29 is 19.0 Å². The molecule has 0 bridgehead atoms. The van der Waals surface area contributed by atoms with Crippen molar-refractivity contribution in [2.24, 2.45) is 0 Å². The summed E-state index contributed by atoms with van der Waals surface area (Å²) in [7, 11) is 1.83. The van der Waals surface area contributed by atoms with Crippen molar-refractivity contribution in [2.75, 3.05) is 26.4 Å². The van der Waals surface area contributed by atoms with Crippen LogP contribution >= 0.6 is 0 Å². The molecular weight excluding hydrogens is 408 g/mol. The zero-order chi connectivity index (χ0) is 22.1. The van der Waals surface area contributed by atoms with Crippen molar-refractivity contribution in [3.8, 4) is 5.75 Å². The lowest BCUT2D eigenvalue weighted by molar-refractivity contribution is -0.00491. The standard InChI is InChI=1S/C26H27O4S/c1-28-23-13-7-20(8-14-23)5-4-6-21-9-15-24(16-10-21)29-19-30-26(27)22-11-17-25(18-12-22)31(2)3/h4-9,11-18H,10,19H2,1-3H3/q+1/b5-4+,21-6-. The van der Waals surface area contributed by atoms with E-state index in [2.05, 4.69) is 18.6 Å². The number of carbonyl (C=O) groups is 1. The molecule has 0 atom stereocenters. The third kappa shape index (κ3) is 6.93. The van der Waals surface area contributed by atoms with Crippen LogP contribution < -0.4 is 4.74 Å². The van der Waals surface area contributed by atoms with E-state index in [9.17, 15) is 4.79 Å². The molecular formula is C26H27O4S+. The molecule has 0 unspecified atom stereocenters. The summed E-state index contributed by atoms with van der Waals surface area (Å²) >= 11 is 0. The van der Waals surface area contributed by atoms with Gasteiger partial charge >= 0.3 is 5.97 Å². The Morgan fingerprint density at radius 3 is 2.39 bits per heavy atom. The summed E-state index contributed by atoms with van der Waals surface area (Å²) in [5.41, 5.74) is 2.80.